The van der Waals surface area contributed by atoms with Crippen molar-refractivity contribution in [3.05, 3.63) is 102 Å². The Kier molecular flexibility index (Phi) is 6.31. The summed E-state index contributed by atoms with van der Waals surface area (Å²) in [5.41, 5.74) is 4.34. The van der Waals surface area contributed by atoms with Crippen molar-refractivity contribution < 1.29 is 13.9 Å². The quantitative estimate of drug-likeness (QED) is 0.392. The van der Waals surface area contributed by atoms with E-state index >= 15 is 0 Å². The van der Waals surface area contributed by atoms with Gasteiger partial charge in [-0.2, -0.15) is 5.10 Å². The number of nitrogens with one attached hydrogen (secondary N) is 1. The van der Waals surface area contributed by atoms with Gasteiger partial charge < -0.3 is 10.1 Å². The van der Waals surface area contributed by atoms with E-state index < -0.39 is 0 Å². The molecule has 0 aliphatic rings. The van der Waals surface area contributed by atoms with Gasteiger partial charge in [0.05, 0.1) is 11.4 Å². The SMILES string of the molecule is Cc1ccc(NC(=O)CCc2c(C)nn(-c3ccccc3)c2Oc2ccc(F)cc2)cc1. The second-order valence-corrected chi connectivity index (χ2v) is 7.59. The number of carbonyl (C=O) groups is 1. The molecule has 1 N–H and O–H groups in total. The van der Waals surface area contributed by atoms with Gasteiger partial charge in [-0.05, 0) is 68.8 Å². The first-order valence-corrected chi connectivity index (χ1v) is 10.4. The Labute approximate surface area is 186 Å². The number of halogens is 1. The normalized spacial score (nSPS) is 10.7. The van der Waals surface area contributed by atoms with Crippen LogP contribution in [0.25, 0.3) is 5.69 Å². The minimum Gasteiger partial charge on any atom is -0.439 e. The van der Waals surface area contributed by atoms with Crippen molar-refractivity contribution in [3.63, 3.8) is 0 Å². The Morgan fingerprint density at radius 1 is 0.969 bits per heavy atom. The second-order valence-electron chi connectivity index (χ2n) is 7.59. The predicted molar refractivity (Wildman–Crippen MR) is 123 cm³/mol. The third kappa shape index (κ3) is 5.03. The van der Waals surface area contributed by atoms with E-state index in [2.05, 4.69) is 10.4 Å². The average molecular weight is 429 g/mol. The molecule has 0 atom stereocenters. The van der Waals surface area contributed by atoms with Crippen LogP contribution in [-0.4, -0.2) is 15.7 Å². The number of ether oxygens (including phenoxy) is 1. The van der Waals surface area contributed by atoms with E-state index in [0.29, 0.717) is 18.1 Å². The molecule has 6 heteroatoms. The summed E-state index contributed by atoms with van der Waals surface area (Å²) in [6.07, 6.45) is 0.724. The monoisotopic (exact) mass is 429 g/mol. The molecule has 5 nitrogen and oxygen atoms in total. The summed E-state index contributed by atoms with van der Waals surface area (Å²) in [4.78, 5) is 12.5. The largest absolute Gasteiger partial charge is 0.439 e. The summed E-state index contributed by atoms with van der Waals surface area (Å²) in [7, 11) is 0. The van der Waals surface area contributed by atoms with Gasteiger partial charge in [-0.15, -0.1) is 0 Å². The van der Waals surface area contributed by atoms with Gasteiger partial charge in [0.1, 0.15) is 11.6 Å². The fourth-order valence-electron chi connectivity index (χ4n) is 3.39. The van der Waals surface area contributed by atoms with E-state index in [1.807, 2.05) is 68.4 Å². The highest BCUT2D eigenvalue weighted by Gasteiger charge is 2.20. The minimum atomic E-state index is -0.335. The molecule has 0 bridgehead atoms. The van der Waals surface area contributed by atoms with Crippen molar-refractivity contribution in [2.45, 2.75) is 26.7 Å². The van der Waals surface area contributed by atoms with Gasteiger partial charge >= 0.3 is 0 Å². The molecule has 0 saturated carbocycles. The van der Waals surface area contributed by atoms with Crippen LogP contribution in [0.1, 0.15) is 23.2 Å². The van der Waals surface area contributed by atoms with E-state index in [0.717, 1.165) is 28.2 Å². The van der Waals surface area contributed by atoms with E-state index in [9.17, 15) is 9.18 Å². The second kappa shape index (κ2) is 9.47. The molecule has 4 aromatic rings. The molecule has 0 fully saturated rings. The van der Waals surface area contributed by atoms with Crippen LogP contribution in [0.4, 0.5) is 10.1 Å². The molecule has 3 aromatic carbocycles. The number of benzene rings is 3. The number of rotatable bonds is 7. The Bertz CT molecular complexity index is 1200. The number of hydrogen-bond donors (Lipinski definition) is 1. The molecule has 1 heterocycles. The molecule has 1 aromatic heterocycles. The van der Waals surface area contributed by atoms with Crippen LogP contribution >= 0.6 is 0 Å². The highest BCUT2D eigenvalue weighted by Crippen LogP contribution is 2.31. The maximum Gasteiger partial charge on any atom is 0.226 e. The van der Waals surface area contributed by atoms with Gasteiger partial charge in [0, 0.05) is 17.7 Å². The molecule has 4 rings (SSSR count). The first kappa shape index (κ1) is 21.3. The molecule has 162 valence electrons. The number of para-hydroxylation sites is 1. The van der Waals surface area contributed by atoms with Crippen LogP contribution in [0.3, 0.4) is 0 Å². The number of nitrogens with zero attached hydrogens (tertiary/aromatic N) is 2. The summed E-state index contributed by atoms with van der Waals surface area (Å²) in [6, 6.07) is 23.1. The maximum atomic E-state index is 13.3. The first-order chi connectivity index (χ1) is 15.5. The van der Waals surface area contributed by atoms with Crippen LogP contribution in [0.5, 0.6) is 11.6 Å². The van der Waals surface area contributed by atoms with Crippen molar-refractivity contribution in [3.8, 4) is 17.3 Å². The lowest BCUT2D eigenvalue weighted by Gasteiger charge is -2.12. The number of hydrogen-bond acceptors (Lipinski definition) is 3. The Balaban J connectivity index is 1.58. The van der Waals surface area contributed by atoms with Gasteiger partial charge in [-0.25, -0.2) is 9.07 Å². The van der Waals surface area contributed by atoms with Crippen molar-refractivity contribution >= 4 is 11.6 Å². The standard InChI is InChI=1S/C26H24FN3O2/c1-18-8-12-21(13-9-18)28-25(31)17-16-24-19(2)29-30(22-6-4-3-5-7-22)26(24)32-23-14-10-20(27)11-15-23/h3-15H,16-17H2,1-2H3,(H,28,31). The summed E-state index contributed by atoms with van der Waals surface area (Å²) < 4.78 is 21.2. The molecule has 0 saturated heterocycles. The molecule has 0 unspecified atom stereocenters. The van der Waals surface area contributed by atoms with Gasteiger partial charge in [0.25, 0.3) is 0 Å². The van der Waals surface area contributed by atoms with Crippen molar-refractivity contribution in [1.29, 1.82) is 0 Å². The lowest BCUT2D eigenvalue weighted by Crippen LogP contribution is -2.12. The van der Waals surface area contributed by atoms with Crippen LogP contribution < -0.4 is 10.1 Å². The van der Waals surface area contributed by atoms with E-state index in [4.69, 9.17) is 4.74 Å². The van der Waals surface area contributed by atoms with Gasteiger partial charge in [0.15, 0.2) is 0 Å². The van der Waals surface area contributed by atoms with E-state index in [1.165, 1.54) is 12.1 Å². The zero-order chi connectivity index (χ0) is 22.5. The van der Waals surface area contributed by atoms with Crippen molar-refractivity contribution in [1.82, 2.24) is 9.78 Å². The molecule has 0 radical (unpaired) electrons. The third-order valence-corrected chi connectivity index (χ3v) is 5.10. The van der Waals surface area contributed by atoms with E-state index in [-0.39, 0.29) is 18.1 Å². The zero-order valence-electron chi connectivity index (χ0n) is 18.0. The number of carbonyl (C=O) groups excluding carboxylic acids is 1. The fourth-order valence-corrected chi connectivity index (χ4v) is 3.39. The molecule has 1 amide bonds. The van der Waals surface area contributed by atoms with Crippen LogP contribution in [0, 0.1) is 19.7 Å². The topological polar surface area (TPSA) is 56.2 Å². The summed E-state index contributed by atoms with van der Waals surface area (Å²) in [5, 5.41) is 7.58. The molecular weight excluding hydrogens is 405 g/mol. The Hall–Kier alpha value is -3.93. The molecule has 0 spiro atoms. The Morgan fingerprint density at radius 2 is 1.66 bits per heavy atom. The number of aryl methyl sites for hydroxylation is 2. The highest BCUT2D eigenvalue weighted by molar-refractivity contribution is 5.90. The lowest BCUT2D eigenvalue weighted by molar-refractivity contribution is -0.116. The molecular formula is C26H24FN3O2. The summed E-state index contributed by atoms with van der Waals surface area (Å²) in [6.45, 7) is 3.89. The predicted octanol–water partition coefficient (Wildman–Crippen LogP) is 5.99. The maximum absolute atomic E-state index is 13.3. The van der Waals surface area contributed by atoms with Crippen molar-refractivity contribution in [2.75, 3.05) is 5.32 Å². The summed E-state index contributed by atoms with van der Waals surface area (Å²) in [5.74, 6) is 0.587. The fraction of sp³-hybridized carbons (Fsp3) is 0.154. The highest BCUT2D eigenvalue weighted by atomic mass is 19.1. The van der Waals surface area contributed by atoms with Crippen molar-refractivity contribution in [2.24, 2.45) is 0 Å². The minimum absolute atomic E-state index is 0.0894. The first-order valence-electron chi connectivity index (χ1n) is 10.4. The lowest BCUT2D eigenvalue weighted by atomic mass is 10.1. The van der Waals surface area contributed by atoms with Gasteiger partial charge in [0.2, 0.25) is 11.8 Å². The number of aromatic nitrogens is 2. The number of amides is 1. The van der Waals surface area contributed by atoms with Gasteiger partial charge in [-0.3, -0.25) is 4.79 Å². The Morgan fingerprint density at radius 3 is 2.34 bits per heavy atom. The summed E-state index contributed by atoms with van der Waals surface area (Å²) >= 11 is 0. The van der Waals surface area contributed by atoms with Crippen LogP contribution in [0.15, 0.2) is 78.9 Å². The van der Waals surface area contributed by atoms with Crippen LogP contribution in [0.2, 0.25) is 0 Å². The molecule has 0 aliphatic heterocycles. The average Bonchev–Trinajstić information content (AvgIpc) is 3.11. The third-order valence-electron chi connectivity index (χ3n) is 5.10. The number of anilines is 1. The van der Waals surface area contributed by atoms with Gasteiger partial charge in [-0.1, -0.05) is 35.9 Å². The smallest absolute Gasteiger partial charge is 0.226 e. The zero-order valence-corrected chi connectivity index (χ0v) is 18.0. The molecule has 0 aliphatic carbocycles. The van der Waals surface area contributed by atoms with E-state index in [1.54, 1.807) is 16.8 Å². The van der Waals surface area contributed by atoms with Crippen LogP contribution in [-0.2, 0) is 11.2 Å². The molecule has 32 heavy (non-hydrogen) atoms.